The Hall–Kier alpha value is -2.65. The zero-order valence-corrected chi connectivity index (χ0v) is 17.8. The fraction of sp³-hybridized carbons (Fsp3) is 0.571. The average Bonchev–Trinajstić information content (AvgIpc) is 3.37. The van der Waals surface area contributed by atoms with Crippen LogP contribution in [0.5, 0.6) is 6.01 Å². The zero-order valence-electron chi connectivity index (χ0n) is 17.8. The van der Waals surface area contributed by atoms with Gasteiger partial charge in [-0.3, -0.25) is 4.90 Å². The first-order valence-electron chi connectivity index (χ1n) is 10.7. The van der Waals surface area contributed by atoms with Crippen LogP contribution in [0.25, 0.3) is 11.2 Å². The SMILES string of the molecule is CCCCOc1nc(NCc2ccc(C)o2)c2ncn(CCN3CCOCC3)c2n1. The maximum Gasteiger partial charge on any atom is 0.320 e. The minimum absolute atomic E-state index is 0.377. The summed E-state index contributed by atoms with van der Waals surface area (Å²) in [5, 5.41) is 3.34. The number of aryl methyl sites for hydroxylation is 1. The summed E-state index contributed by atoms with van der Waals surface area (Å²) in [6.45, 7) is 10.4. The molecule has 9 nitrogen and oxygen atoms in total. The zero-order chi connectivity index (χ0) is 20.8. The van der Waals surface area contributed by atoms with E-state index in [-0.39, 0.29) is 0 Å². The number of furan rings is 1. The van der Waals surface area contributed by atoms with E-state index in [1.807, 2.05) is 25.4 Å². The molecule has 1 N–H and O–H groups in total. The van der Waals surface area contributed by atoms with Crippen LogP contribution in [0.4, 0.5) is 5.82 Å². The van der Waals surface area contributed by atoms with Crippen molar-refractivity contribution in [2.24, 2.45) is 0 Å². The highest BCUT2D eigenvalue weighted by atomic mass is 16.5. The number of ether oxygens (including phenoxy) is 2. The maximum absolute atomic E-state index is 5.82. The molecule has 4 heterocycles. The second-order valence-electron chi connectivity index (χ2n) is 7.49. The van der Waals surface area contributed by atoms with Crippen molar-refractivity contribution >= 4 is 17.0 Å². The molecule has 0 aromatic carbocycles. The highest BCUT2D eigenvalue weighted by Gasteiger charge is 2.16. The number of hydrogen-bond acceptors (Lipinski definition) is 8. The lowest BCUT2D eigenvalue weighted by atomic mass is 10.4. The van der Waals surface area contributed by atoms with Gasteiger partial charge in [-0.25, -0.2) is 4.98 Å². The van der Waals surface area contributed by atoms with Crippen LogP contribution in [0.1, 0.15) is 31.3 Å². The summed E-state index contributed by atoms with van der Waals surface area (Å²) in [4.78, 5) is 16.2. The molecule has 3 aromatic heterocycles. The van der Waals surface area contributed by atoms with E-state index in [2.05, 4.69) is 36.7 Å². The van der Waals surface area contributed by atoms with Crippen LogP contribution >= 0.6 is 0 Å². The summed E-state index contributed by atoms with van der Waals surface area (Å²) in [5.74, 6) is 2.39. The molecule has 0 radical (unpaired) electrons. The fourth-order valence-electron chi connectivity index (χ4n) is 3.41. The number of nitrogens with one attached hydrogen (secondary N) is 1. The Balaban J connectivity index is 1.53. The van der Waals surface area contributed by atoms with Gasteiger partial charge >= 0.3 is 6.01 Å². The number of aromatic nitrogens is 4. The number of morpholine rings is 1. The molecule has 0 aliphatic carbocycles. The van der Waals surface area contributed by atoms with Gasteiger partial charge in [0, 0.05) is 26.2 Å². The molecule has 9 heteroatoms. The molecule has 0 bridgehead atoms. The van der Waals surface area contributed by atoms with Gasteiger partial charge < -0.3 is 23.8 Å². The molecule has 1 aliphatic rings. The third-order valence-electron chi connectivity index (χ3n) is 5.16. The van der Waals surface area contributed by atoms with Gasteiger partial charge in [0.15, 0.2) is 17.0 Å². The smallest absolute Gasteiger partial charge is 0.320 e. The molecule has 3 aromatic rings. The minimum Gasteiger partial charge on any atom is -0.465 e. The van der Waals surface area contributed by atoms with E-state index in [9.17, 15) is 0 Å². The lowest BCUT2D eigenvalue weighted by Gasteiger charge is -2.26. The summed E-state index contributed by atoms with van der Waals surface area (Å²) >= 11 is 0. The lowest BCUT2D eigenvalue weighted by Crippen LogP contribution is -2.38. The predicted octanol–water partition coefficient (Wildman–Crippen LogP) is 2.85. The molecular weight excluding hydrogens is 384 g/mol. The predicted molar refractivity (Wildman–Crippen MR) is 114 cm³/mol. The Morgan fingerprint density at radius 2 is 2.03 bits per heavy atom. The molecule has 30 heavy (non-hydrogen) atoms. The van der Waals surface area contributed by atoms with Crippen molar-refractivity contribution in [1.82, 2.24) is 24.4 Å². The summed E-state index contributed by atoms with van der Waals surface area (Å²) in [6, 6.07) is 4.29. The second kappa shape index (κ2) is 9.90. The van der Waals surface area contributed by atoms with Gasteiger partial charge in [0.2, 0.25) is 0 Å². The number of imidazole rings is 1. The molecule has 1 aliphatic heterocycles. The van der Waals surface area contributed by atoms with Crippen LogP contribution in [0, 0.1) is 6.92 Å². The van der Waals surface area contributed by atoms with Gasteiger partial charge in [-0.2, -0.15) is 9.97 Å². The fourth-order valence-corrected chi connectivity index (χ4v) is 3.41. The van der Waals surface area contributed by atoms with E-state index in [1.54, 1.807) is 0 Å². The Labute approximate surface area is 176 Å². The van der Waals surface area contributed by atoms with Gasteiger partial charge in [-0.1, -0.05) is 13.3 Å². The van der Waals surface area contributed by atoms with Gasteiger partial charge in [-0.15, -0.1) is 0 Å². The Morgan fingerprint density at radius 3 is 2.80 bits per heavy atom. The number of nitrogens with zero attached hydrogens (tertiary/aromatic N) is 5. The van der Waals surface area contributed by atoms with E-state index in [0.29, 0.717) is 25.0 Å². The molecule has 0 atom stereocenters. The Morgan fingerprint density at radius 1 is 1.17 bits per heavy atom. The number of unbranched alkanes of at least 4 members (excludes halogenated alkanes) is 1. The minimum atomic E-state index is 0.377. The van der Waals surface area contributed by atoms with Crippen LogP contribution in [-0.2, 0) is 17.8 Å². The van der Waals surface area contributed by atoms with Crippen LogP contribution < -0.4 is 10.1 Å². The van der Waals surface area contributed by atoms with Crippen LogP contribution in [-0.4, -0.2) is 63.9 Å². The number of anilines is 1. The monoisotopic (exact) mass is 414 g/mol. The van der Waals surface area contributed by atoms with Crippen molar-refractivity contribution < 1.29 is 13.9 Å². The number of hydrogen-bond donors (Lipinski definition) is 1. The molecule has 0 unspecified atom stereocenters. The highest BCUT2D eigenvalue weighted by Crippen LogP contribution is 2.23. The molecule has 0 saturated carbocycles. The van der Waals surface area contributed by atoms with Crippen LogP contribution in [0.15, 0.2) is 22.9 Å². The molecule has 1 saturated heterocycles. The second-order valence-corrected chi connectivity index (χ2v) is 7.49. The van der Waals surface area contributed by atoms with Gasteiger partial charge in [0.25, 0.3) is 0 Å². The normalized spacial score (nSPS) is 15.0. The van der Waals surface area contributed by atoms with Crippen molar-refractivity contribution in [3.8, 4) is 6.01 Å². The van der Waals surface area contributed by atoms with Crippen molar-refractivity contribution in [2.45, 2.75) is 39.8 Å². The quantitative estimate of drug-likeness (QED) is 0.507. The summed E-state index contributed by atoms with van der Waals surface area (Å²) < 4.78 is 19.0. The first kappa shape index (κ1) is 20.6. The molecule has 0 spiro atoms. The Bertz CT molecular complexity index is 948. The average molecular weight is 415 g/mol. The van der Waals surface area contributed by atoms with Crippen molar-refractivity contribution in [1.29, 1.82) is 0 Å². The van der Waals surface area contributed by atoms with E-state index in [1.165, 1.54) is 0 Å². The van der Waals surface area contributed by atoms with Crippen molar-refractivity contribution in [3.63, 3.8) is 0 Å². The van der Waals surface area contributed by atoms with Crippen LogP contribution in [0.2, 0.25) is 0 Å². The van der Waals surface area contributed by atoms with Gasteiger partial charge in [0.1, 0.15) is 11.5 Å². The molecule has 0 amide bonds. The van der Waals surface area contributed by atoms with Crippen molar-refractivity contribution in [3.05, 3.63) is 30.0 Å². The van der Waals surface area contributed by atoms with Gasteiger partial charge in [0.05, 0.1) is 32.7 Å². The first-order valence-corrected chi connectivity index (χ1v) is 10.7. The summed E-state index contributed by atoms with van der Waals surface area (Å²) in [7, 11) is 0. The Kier molecular flexibility index (Phi) is 6.81. The molecule has 1 fully saturated rings. The molecule has 162 valence electrons. The summed E-state index contributed by atoms with van der Waals surface area (Å²) in [5.41, 5.74) is 1.52. The van der Waals surface area contributed by atoms with E-state index < -0.39 is 0 Å². The first-order chi connectivity index (χ1) is 14.7. The molecular formula is C21H30N6O3. The lowest BCUT2D eigenvalue weighted by molar-refractivity contribution is 0.0365. The van der Waals surface area contributed by atoms with Crippen molar-refractivity contribution in [2.75, 3.05) is 44.8 Å². The summed E-state index contributed by atoms with van der Waals surface area (Å²) in [6.07, 6.45) is 3.85. The van der Waals surface area contributed by atoms with E-state index >= 15 is 0 Å². The third-order valence-corrected chi connectivity index (χ3v) is 5.16. The van der Waals surface area contributed by atoms with E-state index in [4.69, 9.17) is 13.9 Å². The number of rotatable bonds is 10. The standard InChI is InChI=1S/C21H30N6O3/c1-3-4-11-29-21-24-19(22-14-17-6-5-16(2)30-17)18-20(25-21)27(15-23-18)8-7-26-9-12-28-13-10-26/h5-6,15H,3-4,7-14H2,1-2H3,(H,22,24,25). The number of fused-ring (bicyclic) bond motifs is 1. The maximum atomic E-state index is 5.82. The van der Waals surface area contributed by atoms with E-state index in [0.717, 1.165) is 74.9 Å². The largest absolute Gasteiger partial charge is 0.465 e. The highest BCUT2D eigenvalue weighted by molar-refractivity contribution is 5.83. The topological polar surface area (TPSA) is 90.5 Å². The molecule has 4 rings (SSSR count). The van der Waals surface area contributed by atoms with Crippen LogP contribution in [0.3, 0.4) is 0 Å². The third kappa shape index (κ3) is 5.09. The van der Waals surface area contributed by atoms with Gasteiger partial charge in [-0.05, 0) is 25.5 Å².